The van der Waals surface area contributed by atoms with Gasteiger partial charge in [0, 0.05) is 36.2 Å². The second kappa shape index (κ2) is 7.04. The summed E-state index contributed by atoms with van der Waals surface area (Å²) in [6.07, 6.45) is 0.798. The fraction of sp³-hybridized carbons (Fsp3) is 0.467. The predicted octanol–water partition coefficient (Wildman–Crippen LogP) is 1.99. The van der Waals surface area contributed by atoms with E-state index in [1.807, 2.05) is 34.9 Å². The summed E-state index contributed by atoms with van der Waals surface area (Å²) in [5.74, 6) is -0.802. The summed E-state index contributed by atoms with van der Waals surface area (Å²) in [4.78, 5) is 27.1. The van der Waals surface area contributed by atoms with Crippen molar-refractivity contribution in [3.8, 4) is 0 Å². The lowest BCUT2D eigenvalue weighted by Crippen LogP contribution is -2.37. The molecule has 0 spiro atoms. The van der Waals surface area contributed by atoms with E-state index < -0.39 is 5.97 Å². The Kier molecular flexibility index (Phi) is 5.36. The number of hydrogen-bond acceptors (Lipinski definition) is 3. The van der Waals surface area contributed by atoms with Gasteiger partial charge in [0.25, 0.3) is 5.91 Å². The van der Waals surface area contributed by atoms with Gasteiger partial charge in [-0.15, -0.1) is 0 Å². The number of benzene rings is 1. The van der Waals surface area contributed by atoms with Gasteiger partial charge in [-0.3, -0.25) is 14.5 Å². The number of amides is 1. The maximum Gasteiger partial charge on any atom is 0.317 e. The van der Waals surface area contributed by atoms with Crippen molar-refractivity contribution in [3.63, 3.8) is 0 Å². The molecule has 0 aromatic heterocycles. The summed E-state index contributed by atoms with van der Waals surface area (Å²) in [5, 5.41) is 8.85. The highest BCUT2D eigenvalue weighted by atomic mass is 79.9. The average Bonchev–Trinajstić information content (AvgIpc) is 2.66. The average molecular weight is 355 g/mol. The maximum atomic E-state index is 12.6. The standard InChI is InChI=1S/C15H19BrN2O3/c1-11-12(4-2-5-13(11)16)15(21)18-7-3-6-17(8-9-18)10-14(19)20/h2,4-5H,3,6-10H2,1H3,(H,19,20). The van der Waals surface area contributed by atoms with Crippen molar-refractivity contribution in [2.45, 2.75) is 13.3 Å². The summed E-state index contributed by atoms with van der Waals surface area (Å²) in [6.45, 7) is 4.52. The van der Waals surface area contributed by atoms with E-state index in [0.717, 1.165) is 16.5 Å². The lowest BCUT2D eigenvalue weighted by atomic mass is 10.1. The van der Waals surface area contributed by atoms with Crippen molar-refractivity contribution in [3.05, 3.63) is 33.8 Å². The number of nitrogens with zero attached hydrogens (tertiary/aromatic N) is 2. The van der Waals surface area contributed by atoms with Gasteiger partial charge in [-0.1, -0.05) is 22.0 Å². The quantitative estimate of drug-likeness (QED) is 0.901. The van der Waals surface area contributed by atoms with E-state index in [-0.39, 0.29) is 12.5 Å². The molecule has 1 heterocycles. The molecule has 1 saturated heterocycles. The van der Waals surface area contributed by atoms with Gasteiger partial charge >= 0.3 is 5.97 Å². The Morgan fingerprint density at radius 3 is 2.71 bits per heavy atom. The fourth-order valence-electron chi connectivity index (χ4n) is 2.53. The number of carbonyl (C=O) groups is 2. The molecule has 6 heteroatoms. The molecule has 0 saturated carbocycles. The molecule has 114 valence electrons. The highest BCUT2D eigenvalue weighted by Gasteiger charge is 2.22. The van der Waals surface area contributed by atoms with Crippen LogP contribution < -0.4 is 0 Å². The molecule has 0 aliphatic carbocycles. The fourth-order valence-corrected chi connectivity index (χ4v) is 2.90. The number of aliphatic carboxylic acids is 1. The van der Waals surface area contributed by atoms with E-state index in [1.165, 1.54) is 0 Å². The van der Waals surface area contributed by atoms with Crippen LogP contribution in [0.25, 0.3) is 0 Å². The molecule has 1 aromatic carbocycles. The monoisotopic (exact) mass is 354 g/mol. The van der Waals surface area contributed by atoms with Crippen molar-refractivity contribution >= 4 is 27.8 Å². The normalized spacial score (nSPS) is 16.6. The number of hydrogen-bond donors (Lipinski definition) is 1. The van der Waals surface area contributed by atoms with Crippen LogP contribution in [0.5, 0.6) is 0 Å². The van der Waals surface area contributed by atoms with E-state index in [2.05, 4.69) is 15.9 Å². The highest BCUT2D eigenvalue weighted by Crippen LogP contribution is 2.21. The summed E-state index contributed by atoms with van der Waals surface area (Å²) in [7, 11) is 0. The molecule has 0 atom stereocenters. The molecule has 0 radical (unpaired) electrons. The van der Waals surface area contributed by atoms with Gasteiger partial charge in [0.1, 0.15) is 0 Å². The van der Waals surface area contributed by atoms with Gasteiger partial charge in [0.05, 0.1) is 6.54 Å². The highest BCUT2D eigenvalue weighted by molar-refractivity contribution is 9.10. The lowest BCUT2D eigenvalue weighted by Gasteiger charge is -2.22. The minimum atomic E-state index is -0.822. The lowest BCUT2D eigenvalue weighted by molar-refractivity contribution is -0.138. The smallest absolute Gasteiger partial charge is 0.317 e. The van der Waals surface area contributed by atoms with Crippen molar-refractivity contribution in [1.29, 1.82) is 0 Å². The van der Waals surface area contributed by atoms with Crippen LogP contribution in [-0.2, 0) is 4.79 Å². The van der Waals surface area contributed by atoms with E-state index in [4.69, 9.17) is 5.11 Å². The molecule has 0 unspecified atom stereocenters. The zero-order valence-electron chi connectivity index (χ0n) is 12.0. The summed E-state index contributed by atoms with van der Waals surface area (Å²) in [5.41, 5.74) is 1.64. The number of carboxylic acids is 1. The van der Waals surface area contributed by atoms with Crippen LogP contribution in [0.4, 0.5) is 0 Å². The molecule has 5 nitrogen and oxygen atoms in total. The molecule has 21 heavy (non-hydrogen) atoms. The summed E-state index contributed by atoms with van der Waals surface area (Å²) >= 11 is 3.45. The summed E-state index contributed by atoms with van der Waals surface area (Å²) < 4.78 is 0.927. The number of halogens is 1. The minimum absolute atomic E-state index is 0.0194. The largest absolute Gasteiger partial charge is 0.480 e. The van der Waals surface area contributed by atoms with E-state index in [1.54, 1.807) is 0 Å². The van der Waals surface area contributed by atoms with Crippen molar-refractivity contribution in [1.82, 2.24) is 9.80 Å². The molecule has 2 rings (SSSR count). The first kappa shape index (κ1) is 16.0. The molecular weight excluding hydrogens is 336 g/mol. The third-order valence-corrected chi connectivity index (χ3v) is 4.59. The first-order valence-electron chi connectivity index (χ1n) is 6.97. The second-order valence-electron chi connectivity index (χ2n) is 5.23. The SMILES string of the molecule is Cc1c(Br)cccc1C(=O)N1CCCN(CC(=O)O)CC1. The molecule has 0 bridgehead atoms. The van der Waals surface area contributed by atoms with Crippen LogP contribution in [-0.4, -0.2) is 59.5 Å². The minimum Gasteiger partial charge on any atom is -0.480 e. The molecule has 1 aromatic rings. The van der Waals surface area contributed by atoms with E-state index >= 15 is 0 Å². The number of rotatable bonds is 3. The topological polar surface area (TPSA) is 60.9 Å². The van der Waals surface area contributed by atoms with Gasteiger partial charge in [-0.2, -0.15) is 0 Å². The van der Waals surface area contributed by atoms with Crippen LogP contribution in [0.15, 0.2) is 22.7 Å². The van der Waals surface area contributed by atoms with Gasteiger partial charge in [-0.05, 0) is 31.0 Å². The Balaban J connectivity index is 2.06. The Morgan fingerprint density at radius 1 is 1.24 bits per heavy atom. The van der Waals surface area contributed by atoms with Crippen LogP contribution in [0.2, 0.25) is 0 Å². The third-order valence-electron chi connectivity index (χ3n) is 3.73. The molecule has 1 N–H and O–H groups in total. The maximum absolute atomic E-state index is 12.6. The Bertz CT molecular complexity index is 548. The Hall–Kier alpha value is -1.40. The van der Waals surface area contributed by atoms with Crippen LogP contribution >= 0.6 is 15.9 Å². The van der Waals surface area contributed by atoms with Crippen molar-refractivity contribution in [2.75, 3.05) is 32.7 Å². The first-order valence-corrected chi connectivity index (χ1v) is 7.77. The molecule has 1 fully saturated rings. The Labute approximate surface area is 132 Å². The second-order valence-corrected chi connectivity index (χ2v) is 6.08. The third kappa shape index (κ3) is 4.04. The molecule has 1 aliphatic rings. The number of carboxylic acid groups (broad SMARTS) is 1. The summed E-state index contributed by atoms with van der Waals surface area (Å²) in [6, 6.07) is 5.62. The Morgan fingerprint density at radius 2 is 2.00 bits per heavy atom. The molecular formula is C15H19BrN2O3. The zero-order valence-corrected chi connectivity index (χ0v) is 13.6. The molecule has 1 amide bonds. The van der Waals surface area contributed by atoms with Gasteiger partial charge in [-0.25, -0.2) is 0 Å². The predicted molar refractivity (Wildman–Crippen MR) is 83.5 cm³/mol. The van der Waals surface area contributed by atoms with Crippen LogP contribution in [0, 0.1) is 6.92 Å². The molecule has 1 aliphatic heterocycles. The van der Waals surface area contributed by atoms with Crippen molar-refractivity contribution in [2.24, 2.45) is 0 Å². The first-order chi connectivity index (χ1) is 9.99. The number of carbonyl (C=O) groups excluding carboxylic acids is 1. The van der Waals surface area contributed by atoms with Crippen LogP contribution in [0.1, 0.15) is 22.3 Å². The van der Waals surface area contributed by atoms with E-state index in [9.17, 15) is 9.59 Å². The van der Waals surface area contributed by atoms with Crippen LogP contribution in [0.3, 0.4) is 0 Å². The van der Waals surface area contributed by atoms with Gasteiger partial charge in [0.2, 0.25) is 0 Å². The van der Waals surface area contributed by atoms with Gasteiger partial charge in [0.15, 0.2) is 0 Å². The van der Waals surface area contributed by atoms with E-state index in [0.29, 0.717) is 31.7 Å². The zero-order chi connectivity index (χ0) is 15.4. The van der Waals surface area contributed by atoms with Crippen molar-refractivity contribution < 1.29 is 14.7 Å². The van der Waals surface area contributed by atoms with Gasteiger partial charge < -0.3 is 10.0 Å².